The van der Waals surface area contributed by atoms with Gasteiger partial charge in [0.1, 0.15) is 17.9 Å². The van der Waals surface area contributed by atoms with Gasteiger partial charge in [0.2, 0.25) is 5.91 Å². The highest BCUT2D eigenvalue weighted by atomic mass is 16.5. The first-order chi connectivity index (χ1) is 12.5. The number of pyridine rings is 1. The molecule has 6 nitrogen and oxygen atoms in total. The Balaban J connectivity index is 1.65. The highest BCUT2D eigenvalue weighted by molar-refractivity contribution is 5.88. The standard InChI is InChI=1S/C20H22N2O4/c1-20(19(24)25)8-4-10-22(20)18(23)12-15-5-2-7-17(11-15)26-14-16-6-3-9-21-13-16/h2-3,5-7,9,11,13H,4,8,10,12,14H2,1H3,(H,24,25). The van der Waals surface area contributed by atoms with Gasteiger partial charge in [-0.3, -0.25) is 9.78 Å². The van der Waals surface area contributed by atoms with Crippen LogP contribution in [0.1, 0.15) is 30.9 Å². The number of aromatic nitrogens is 1. The van der Waals surface area contributed by atoms with Crippen LogP contribution in [0.5, 0.6) is 5.75 Å². The molecule has 1 unspecified atom stereocenters. The molecular weight excluding hydrogens is 332 g/mol. The van der Waals surface area contributed by atoms with E-state index in [-0.39, 0.29) is 12.3 Å². The monoisotopic (exact) mass is 354 g/mol. The summed E-state index contributed by atoms with van der Waals surface area (Å²) < 4.78 is 5.76. The maximum Gasteiger partial charge on any atom is 0.329 e. The second kappa shape index (κ2) is 7.56. The van der Waals surface area contributed by atoms with Gasteiger partial charge in [-0.2, -0.15) is 0 Å². The number of rotatable bonds is 6. The Hall–Kier alpha value is -2.89. The number of carboxylic acids is 1. The predicted molar refractivity (Wildman–Crippen MR) is 95.7 cm³/mol. The van der Waals surface area contributed by atoms with Crippen LogP contribution in [0.4, 0.5) is 0 Å². The van der Waals surface area contributed by atoms with Crippen LogP contribution in [0, 0.1) is 0 Å². The fourth-order valence-electron chi connectivity index (χ4n) is 3.25. The smallest absolute Gasteiger partial charge is 0.329 e. The molecule has 1 aliphatic heterocycles. The van der Waals surface area contributed by atoms with E-state index in [4.69, 9.17) is 4.74 Å². The molecule has 0 saturated carbocycles. The summed E-state index contributed by atoms with van der Waals surface area (Å²) in [5.74, 6) is -0.449. The number of carboxylic acid groups (broad SMARTS) is 1. The molecule has 0 bridgehead atoms. The van der Waals surface area contributed by atoms with Gasteiger partial charge >= 0.3 is 5.97 Å². The second-order valence-electron chi connectivity index (χ2n) is 6.70. The van der Waals surface area contributed by atoms with Crippen molar-refractivity contribution >= 4 is 11.9 Å². The molecule has 2 aromatic rings. The summed E-state index contributed by atoms with van der Waals surface area (Å²) in [5.41, 5.74) is 0.660. The Morgan fingerprint density at radius 1 is 1.27 bits per heavy atom. The summed E-state index contributed by atoms with van der Waals surface area (Å²) in [6.45, 7) is 2.50. The van der Waals surface area contributed by atoms with E-state index in [0.717, 1.165) is 11.1 Å². The van der Waals surface area contributed by atoms with Crippen LogP contribution in [0.3, 0.4) is 0 Å². The van der Waals surface area contributed by atoms with Gasteiger partial charge in [-0.15, -0.1) is 0 Å². The van der Waals surface area contributed by atoms with E-state index in [1.165, 1.54) is 4.90 Å². The summed E-state index contributed by atoms with van der Waals surface area (Å²) in [6.07, 6.45) is 4.81. The highest BCUT2D eigenvalue weighted by Gasteiger charge is 2.45. The number of carbonyl (C=O) groups excluding carboxylic acids is 1. The fourth-order valence-corrected chi connectivity index (χ4v) is 3.25. The Labute approximate surface area is 152 Å². The summed E-state index contributed by atoms with van der Waals surface area (Å²) in [6, 6.07) is 11.1. The Kier molecular flexibility index (Phi) is 5.21. The highest BCUT2D eigenvalue weighted by Crippen LogP contribution is 2.30. The predicted octanol–water partition coefficient (Wildman–Crippen LogP) is 2.67. The molecule has 26 heavy (non-hydrogen) atoms. The Bertz CT molecular complexity index is 793. The first-order valence-electron chi connectivity index (χ1n) is 8.63. The van der Waals surface area contributed by atoms with E-state index < -0.39 is 11.5 Å². The number of likely N-dealkylation sites (tertiary alicyclic amines) is 1. The van der Waals surface area contributed by atoms with Crippen molar-refractivity contribution < 1.29 is 19.4 Å². The third-order valence-corrected chi connectivity index (χ3v) is 4.78. The van der Waals surface area contributed by atoms with Crippen LogP contribution >= 0.6 is 0 Å². The largest absolute Gasteiger partial charge is 0.489 e. The molecule has 1 fully saturated rings. The van der Waals surface area contributed by atoms with Gasteiger partial charge in [0.15, 0.2) is 0 Å². The lowest BCUT2D eigenvalue weighted by molar-refractivity contribution is -0.155. The maximum atomic E-state index is 12.6. The van der Waals surface area contributed by atoms with Crippen molar-refractivity contribution in [3.05, 3.63) is 59.9 Å². The first kappa shape index (κ1) is 17.9. The molecule has 1 amide bonds. The molecule has 1 aromatic carbocycles. The number of aliphatic carboxylic acids is 1. The lowest BCUT2D eigenvalue weighted by Crippen LogP contribution is -2.51. The zero-order valence-electron chi connectivity index (χ0n) is 14.7. The van der Waals surface area contributed by atoms with Crippen molar-refractivity contribution in [1.29, 1.82) is 0 Å². The van der Waals surface area contributed by atoms with Crippen LogP contribution in [-0.4, -0.2) is 39.0 Å². The molecule has 3 rings (SSSR count). The zero-order chi connectivity index (χ0) is 18.6. The van der Waals surface area contributed by atoms with Crippen molar-refractivity contribution in [3.8, 4) is 5.75 Å². The molecule has 1 N–H and O–H groups in total. The van der Waals surface area contributed by atoms with Gasteiger partial charge in [-0.05, 0) is 43.5 Å². The first-order valence-corrected chi connectivity index (χ1v) is 8.63. The maximum absolute atomic E-state index is 12.6. The fraction of sp³-hybridized carbons (Fsp3) is 0.350. The Morgan fingerprint density at radius 2 is 2.08 bits per heavy atom. The number of benzene rings is 1. The second-order valence-corrected chi connectivity index (χ2v) is 6.70. The van der Waals surface area contributed by atoms with Crippen molar-refractivity contribution in [3.63, 3.8) is 0 Å². The normalized spacial score (nSPS) is 19.3. The van der Waals surface area contributed by atoms with E-state index >= 15 is 0 Å². The number of hydrogen-bond acceptors (Lipinski definition) is 4. The number of hydrogen-bond donors (Lipinski definition) is 1. The van der Waals surface area contributed by atoms with Gasteiger partial charge in [-0.1, -0.05) is 18.2 Å². The number of ether oxygens (including phenoxy) is 1. The van der Waals surface area contributed by atoms with Gasteiger partial charge in [0.05, 0.1) is 6.42 Å². The van der Waals surface area contributed by atoms with Crippen LogP contribution in [0.15, 0.2) is 48.8 Å². The summed E-state index contributed by atoms with van der Waals surface area (Å²) in [4.78, 5) is 29.7. The molecule has 1 aromatic heterocycles. The average molecular weight is 354 g/mol. The summed E-state index contributed by atoms with van der Waals surface area (Å²) >= 11 is 0. The molecule has 1 saturated heterocycles. The minimum atomic E-state index is -1.11. The van der Waals surface area contributed by atoms with Crippen molar-refractivity contribution in [2.45, 2.75) is 38.3 Å². The van der Waals surface area contributed by atoms with E-state index in [0.29, 0.717) is 31.7 Å². The zero-order valence-corrected chi connectivity index (χ0v) is 14.7. The average Bonchev–Trinajstić information content (AvgIpc) is 3.04. The van der Waals surface area contributed by atoms with E-state index in [9.17, 15) is 14.7 Å². The lowest BCUT2D eigenvalue weighted by Gasteiger charge is -2.31. The number of amides is 1. The molecule has 2 heterocycles. The third-order valence-electron chi connectivity index (χ3n) is 4.78. The minimum Gasteiger partial charge on any atom is -0.489 e. The summed E-state index contributed by atoms with van der Waals surface area (Å²) in [5, 5.41) is 9.46. The molecular formula is C20H22N2O4. The quantitative estimate of drug-likeness (QED) is 0.863. The minimum absolute atomic E-state index is 0.160. The number of carbonyl (C=O) groups is 2. The van der Waals surface area contributed by atoms with E-state index in [1.807, 2.05) is 36.4 Å². The van der Waals surface area contributed by atoms with Crippen molar-refractivity contribution in [1.82, 2.24) is 9.88 Å². The Morgan fingerprint density at radius 3 is 2.81 bits per heavy atom. The third kappa shape index (κ3) is 3.85. The van der Waals surface area contributed by atoms with E-state index in [1.54, 1.807) is 19.3 Å². The molecule has 1 atom stereocenters. The van der Waals surface area contributed by atoms with Crippen molar-refractivity contribution in [2.24, 2.45) is 0 Å². The molecule has 136 valence electrons. The SMILES string of the molecule is CC1(C(=O)O)CCCN1C(=O)Cc1cccc(OCc2cccnc2)c1. The number of nitrogens with zero attached hydrogens (tertiary/aromatic N) is 2. The van der Waals surface area contributed by atoms with Gasteiger partial charge in [0, 0.05) is 24.5 Å². The van der Waals surface area contributed by atoms with E-state index in [2.05, 4.69) is 4.98 Å². The summed E-state index contributed by atoms with van der Waals surface area (Å²) in [7, 11) is 0. The molecule has 1 aliphatic rings. The van der Waals surface area contributed by atoms with Crippen molar-refractivity contribution in [2.75, 3.05) is 6.54 Å². The molecule has 0 aliphatic carbocycles. The lowest BCUT2D eigenvalue weighted by atomic mass is 9.98. The molecule has 0 radical (unpaired) electrons. The van der Waals surface area contributed by atoms with Crippen LogP contribution < -0.4 is 4.74 Å². The molecule has 0 spiro atoms. The van der Waals surface area contributed by atoms with Gasteiger partial charge < -0.3 is 14.7 Å². The van der Waals surface area contributed by atoms with Crippen LogP contribution in [-0.2, 0) is 22.6 Å². The van der Waals surface area contributed by atoms with Gasteiger partial charge in [0.25, 0.3) is 0 Å². The van der Waals surface area contributed by atoms with Gasteiger partial charge in [-0.25, -0.2) is 4.79 Å². The molecule has 6 heteroatoms. The van der Waals surface area contributed by atoms with Crippen LogP contribution in [0.25, 0.3) is 0 Å². The topological polar surface area (TPSA) is 79.7 Å². The van der Waals surface area contributed by atoms with Crippen LogP contribution in [0.2, 0.25) is 0 Å².